The summed E-state index contributed by atoms with van der Waals surface area (Å²) in [6.07, 6.45) is 8.95. The van der Waals surface area contributed by atoms with E-state index < -0.39 is 5.60 Å². The summed E-state index contributed by atoms with van der Waals surface area (Å²) >= 11 is 0. The molecule has 3 aromatic heterocycles. The molecule has 1 aliphatic carbocycles. The second-order valence-electron chi connectivity index (χ2n) is 8.75. The van der Waals surface area contributed by atoms with Crippen LogP contribution in [0.3, 0.4) is 0 Å². The molecular formula is C24H26N4O3. The zero-order chi connectivity index (χ0) is 21.4. The first-order valence-electron chi connectivity index (χ1n) is 10.8. The van der Waals surface area contributed by atoms with E-state index >= 15 is 0 Å². The van der Waals surface area contributed by atoms with Crippen LogP contribution in [0.1, 0.15) is 54.6 Å². The van der Waals surface area contributed by atoms with Crippen molar-refractivity contribution in [1.29, 1.82) is 0 Å². The molecule has 0 radical (unpaired) electrons. The lowest BCUT2D eigenvalue weighted by Gasteiger charge is -2.37. The first kappa shape index (κ1) is 19.8. The van der Waals surface area contributed by atoms with E-state index in [0.29, 0.717) is 43.3 Å². The number of nitrogens with one attached hydrogen (secondary N) is 1. The molecule has 1 amide bonds. The second kappa shape index (κ2) is 7.81. The number of carbonyl (C=O) groups excluding carboxylic acids is 1. The number of rotatable bonds is 5. The van der Waals surface area contributed by atoms with Gasteiger partial charge in [0.05, 0.1) is 11.3 Å². The molecule has 4 heterocycles. The number of pyridine rings is 2. The van der Waals surface area contributed by atoms with E-state index in [1.165, 1.54) is 0 Å². The SMILES string of the molecule is CC1(O)CCN(c2ncc(C3CC3)cc2NC(=O)c2ccc(-c3ccncc3)o2)CC1. The van der Waals surface area contributed by atoms with Gasteiger partial charge in [-0.15, -0.1) is 0 Å². The summed E-state index contributed by atoms with van der Waals surface area (Å²) in [5, 5.41) is 13.3. The highest BCUT2D eigenvalue weighted by atomic mass is 16.3. The Morgan fingerprint density at radius 3 is 2.65 bits per heavy atom. The van der Waals surface area contributed by atoms with Crippen LogP contribution in [0.15, 0.2) is 53.3 Å². The summed E-state index contributed by atoms with van der Waals surface area (Å²) in [5.41, 5.74) is 2.07. The van der Waals surface area contributed by atoms with Gasteiger partial charge in [0.1, 0.15) is 5.76 Å². The van der Waals surface area contributed by atoms with Gasteiger partial charge < -0.3 is 19.7 Å². The number of hydrogen-bond acceptors (Lipinski definition) is 6. The fraction of sp³-hybridized carbons (Fsp3) is 0.375. The van der Waals surface area contributed by atoms with Crippen molar-refractivity contribution >= 4 is 17.4 Å². The van der Waals surface area contributed by atoms with Gasteiger partial charge in [0.2, 0.25) is 0 Å². The molecule has 0 aromatic carbocycles. The molecule has 0 bridgehead atoms. The number of furan rings is 1. The van der Waals surface area contributed by atoms with Crippen LogP contribution in [0.25, 0.3) is 11.3 Å². The third kappa shape index (κ3) is 4.32. The van der Waals surface area contributed by atoms with E-state index in [4.69, 9.17) is 9.40 Å². The summed E-state index contributed by atoms with van der Waals surface area (Å²) in [6.45, 7) is 3.26. The molecule has 2 fully saturated rings. The number of hydrogen-bond donors (Lipinski definition) is 2. The molecule has 7 nitrogen and oxygen atoms in total. The minimum atomic E-state index is -0.647. The Morgan fingerprint density at radius 2 is 1.94 bits per heavy atom. The monoisotopic (exact) mass is 418 g/mol. The van der Waals surface area contributed by atoms with Crippen molar-refractivity contribution in [3.63, 3.8) is 0 Å². The minimum absolute atomic E-state index is 0.246. The summed E-state index contributed by atoms with van der Waals surface area (Å²) in [4.78, 5) is 23.8. The van der Waals surface area contributed by atoms with Gasteiger partial charge in [-0.1, -0.05) is 0 Å². The van der Waals surface area contributed by atoms with Gasteiger partial charge in [0, 0.05) is 37.2 Å². The molecule has 1 saturated carbocycles. The zero-order valence-electron chi connectivity index (χ0n) is 17.5. The highest BCUT2D eigenvalue weighted by Crippen LogP contribution is 2.42. The molecule has 0 spiro atoms. The Morgan fingerprint density at radius 1 is 1.19 bits per heavy atom. The second-order valence-corrected chi connectivity index (χ2v) is 8.75. The van der Waals surface area contributed by atoms with E-state index in [9.17, 15) is 9.90 Å². The normalized spacial score (nSPS) is 18.1. The predicted molar refractivity (Wildman–Crippen MR) is 118 cm³/mol. The zero-order valence-corrected chi connectivity index (χ0v) is 17.5. The third-order valence-electron chi connectivity index (χ3n) is 6.12. The summed E-state index contributed by atoms with van der Waals surface area (Å²) < 4.78 is 5.80. The lowest BCUT2D eigenvalue weighted by molar-refractivity contribution is 0.0350. The maximum absolute atomic E-state index is 13.0. The maximum Gasteiger partial charge on any atom is 0.291 e. The van der Waals surface area contributed by atoms with Crippen molar-refractivity contribution in [3.05, 3.63) is 60.2 Å². The van der Waals surface area contributed by atoms with Crippen LogP contribution in [0.5, 0.6) is 0 Å². The molecule has 1 aliphatic heterocycles. The lowest BCUT2D eigenvalue weighted by Crippen LogP contribution is -2.43. The molecule has 2 aliphatic rings. The molecule has 1 saturated heterocycles. The number of amides is 1. The average Bonchev–Trinajstić information content (AvgIpc) is 3.50. The topological polar surface area (TPSA) is 91.5 Å². The standard InChI is InChI=1S/C24H26N4O3/c1-24(30)8-12-28(13-9-24)22-19(14-18(15-26-22)16-2-3-16)27-23(29)21-5-4-20(31-21)17-6-10-25-11-7-17/h4-7,10-11,14-16,30H,2-3,8-9,12-13H2,1H3,(H,27,29). The maximum atomic E-state index is 13.0. The summed E-state index contributed by atoms with van der Waals surface area (Å²) in [5.74, 6) is 1.84. The van der Waals surface area contributed by atoms with E-state index in [-0.39, 0.29) is 11.7 Å². The van der Waals surface area contributed by atoms with Crippen LogP contribution in [0, 0.1) is 0 Å². The quantitative estimate of drug-likeness (QED) is 0.645. The van der Waals surface area contributed by atoms with Gasteiger partial charge in [-0.3, -0.25) is 9.78 Å². The minimum Gasteiger partial charge on any atom is -0.451 e. The van der Waals surface area contributed by atoms with E-state index in [0.717, 1.165) is 29.8 Å². The summed E-state index contributed by atoms with van der Waals surface area (Å²) in [7, 11) is 0. The first-order chi connectivity index (χ1) is 15.0. The Hall–Kier alpha value is -3.19. The van der Waals surface area contributed by atoms with Crippen LogP contribution in [0.2, 0.25) is 0 Å². The number of carbonyl (C=O) groups is 1. The highest BCUT2D eigenvalue weighted by Gasteiger charge is 2.31. The van der Waals surface area contributed by atoms with Crippen LogP contribution < -0.4 is 10.2 Å². The number of aliphatic hydroxyl groups is 1. The van der Waals surface area contributed by atoms with Crippen molar-refractivity contribution in [2.24, 2.45) is 0 Å². The number of piperidine rings is 1. The summed E-state index contributed by atoms with van der Waals surface area (Å²) in [6, 6.07) is 9.19. The van der Waals surface area contributed by atoms with Crippen LogP contribution >= 0.6 is 0 Å². The molecule has 31 heavy (non-hydrogen) atoms. The molecule has 3 aromatic rings. The number of aromatic nitrogens is 2. The lowest BCUT2D eigenvalue weighted by atomic mass is 9.94. The van der Waals surface area contributed by atoms with Crippen LogP contribution in [0.4, 0.5) is 11.5 Å². The molecular weight excluding hydrogens is 392 g/mol. The molecule has 0 atom stereocenters. The van der Waals surface area contributed by atoms with Gasteiger partial charge in [-0.05, 0) is 74.4 Å². The molecule has 160 valence electrons. The van der Waals surface area contributed by atoms with Gasteiger partial charge >= 0.3 is 0 Å². The van der Waals surface area contributed by atoms with Crippen molar-refractivity contribution in [2.75, 3.05) is 23.3 Å². The van der Waals surface area contributed by atoms with E-state index in [1.54, 1.807) is 24.5 Å². The van der Waals surface area contributed by atoms with Crippen LogP contribution in [-0.2, 0) is 0 Å². The number of nitrogens with zero attached hydrogens (tertiary/aromatic N) is 3. The van der Waals surface area contributed by atoms with Gasteiger partial charge in [0.25, 0.3) is 5.91 Å². The van der Waals surface area contributed by atoms with E-state index in [2.05, 4.69) is 15.2 Å². The van der Waals surface area contributed by atoms with Crippen molar-refractivity contribution in [3.8, 4) is 11.3 Å². The molecule has 7 heteroatoms. The predicted octanol–water partition coefficient (Wildman–Crippen LogP) is 4.22. The Balaban J connectivity index is 1.39. The first-order valence-corrected chi connectivity index (χ1v) is 10.8. The smallest absolute Gasteiger partial charge is 0.291 e. The average molecular weight is 418 g/mol. The molecule has 5 rings (SSSR count). The fourth-order valence-electron chi connectivity index (χ4n) is 3.97. The van der Waals surface area contributed by atoms with Gasteiger partial charge in [-0.2, -0.15) is 0 Å². The van der Waals surface area contributed by atoms with Crippen molar-refractivity contribution < 1.29 is 14.3 Å². The Labute approximate surface area is 181 Å². The largest absolute Gasteiger partial charge is 0.451 e. The third-order valence-corrected chi connectivity index (χ3v) is 6.12. The fourth-order valence-corrected chi connectivity index (χ4v) is 3.97. The van der Waals surface area contributed by atoms with Gasteiger partial charge in [-0.25, -0.2) is 4.98 Å². The van der Waals surface area contributed by atoms with E-state index in [1.807, 2.05) is 31.3 Å². The highest BCUT2D eigenvalue weighted by molar-refractivity contribution is 6.04. The van der Waals surface area contributed by atoms with Crippen LogP contribution in [-0.4, -0.2) is 39.7 Å². The molecule has 2 N–H and O–H groups in total. The molecule has 0 unspecified atom stereocenters. The Bertz CT molecular complexity index is 1080. The van der Waals surface area contributed by atoms with Gasteiger partial charge in [0.15, 0.2) is 11.6 Å². The Kier molecular flexibility index (Phi) is 4.98. The van der Waals surface area contributed by atoms with Crippen molar-refractivity contribution in [2.45, 2.75) is 44.1 Å². The van der Waals surface area contributed by atoms with Crippen molar-refractivity contribution in [1.82, 2.24) is 9.97 Å². The number of anilines is 2.